The highest BCUT2D eigenvalue weighted by atomic mass is 35.5. The predicted octanol–water partition coefficient (Wildman–Crippen LogP) is 3.54. The maximum atomic E-state index is 11.8. The average Bonchev–Trinajstić information content (AvgIpc) is 2.41. The minimum atomic E-state index is -0.792. The van der Waals surface area contributed by atoms with Gasteiger partial charge < -0.3 is 10.4 Å². The van der Waals surface area contributed by atoms with E-state index in [-0.39, 0.29) is 24.7 Å². The molecule has 1 amide bonds. The zero-order valence-electron chi connectivity index (χ0n) is 11.9. The predicted molar refractivity (Wildman–Crippen MR) is 83.8 cm³/mol. The first-order valence-electron chi connectivity index (χ1n) is 6.81. The van der Waals surface area contributed by atoms with Gasteiger partial charge in [0.25, 0.3) is 0 Å². The molecule has 0 spiro atoms. The second-order valence-corrected chi connectivity index (χ2v) is 5.87. The molecule has 0 heterocycles. The molecule has 116 valence electrons. The summed E-state index contributed by atoms with van der Waals surface area (Å²) < 4.78 is 0. The van der Waals surface area contributed by atoms with E-state index in [9.17, 15) is 9.59 Å². The molecule has 1 unspecified atom stereocenters. The van der Waals surface area contributed by atoms with Gasteiger partial charge in [-0.05, 0) is 36.5 Å². The quantitative estimate of drug-likeness (QED) is 0.765. The summed E-state index contributed by atoms with van der Waals surface area (Å²) in [6, 6.07) is 5.13. The Labute approximate surface area is 134 Å². The van der Waals surface area contributed by atoms with Gasteiger partial charge in [-0.2, -0.15) is 0 Å². The topological polar surface area (TPSA) is 66.4 Å². The number of hydrogen-bond acceptors (Lipinski definition) is 2. The number of nitrogens with one attached hydrogen (secondary N) is 1. The molecule has 21 heavy (non-hydrogen) atoms. The third kappa shape index (κ3) is 6.82. The van der Waals surface area contributed by atoms with Crippen molar-refractivity contribution in [1.29, 1.82) is 0 Å². The van der Waals surface area contributed by atoms with Crippen LogP contribution in [0.5, 0.6) is 0 Å². The lowest BCUT2D eigenvalue weighted by Gasteiger charge is -2.11. The summed E-state index contributed by atoms with van der Waals surface area (Å²) in [6.07, 6.45) is 1.66. The molecular formula is C15H19Cl2NO3. The first-order chi connectivity index (χ1) is 9.90. The van der Waals surface area contributed by atoms with Crippen LogP contribution >= 0.6 is 23.2 Å². The molecule has 1 aromatic carbocycles. The fourth-order valence-electron chi connectivity index (χ4n) is 1.90. The molecule has 0 aliphatic carbocycles. The Kier molecular flexibility index (Phi) is 7.54. The van der Waals surface area contributed by atoms with Gasteiger partial charge in [-0.1, -0.05) is 36.2 Å². The van der Waals surface area contributed by atoms with Crippen LogP contribution in [0.15, 0.2) is 18.2 Å². The third-order valence-corrected chi connectivity index (χ3v) is 3.92. The summed E-state index contributed by atoms with van der Waals surface area (Å²) in [4.78, 5) is 22.3. The maximum absolute atomic E-state index is 11.8. The number of carboxylic acids is 1. The van der Waals surface area contributed by atoms with Gasteiger partial charge in [0.05, 0.1) is 6.42 Å². The van der Waals surface area contributed by atoms with Crippen LogP contribution < -0.4 is 5.32 Å². The Balaban J connectivity index is 2.33. The molecule has 0 aromatic heterocycles. The summed E-state index contributed by atoms with van der Waals surface area (Å²) in [5.41, 5.74) is 0.622. The van der Waals surface area contributed by atoms with Gasteiger partial charge in [0.15, 0.2) is 0 Å². The number of hydrogen-bond donors (Lipinski definition) is 2. The Bertz CT molecular complexity index is 485. The summed E-state index contributed by atoms with van der Waals surface area (Å²) >= 11 is 12.0. The summed E-state index contributed by atoms with van der Waals surface area (Å²) in [6.45, 7) is 2.49. The molecule has 0 saturated heterocycles. The van der Waals surface area contributed by atoms with Crippen molar-refractivity contribution in [2.45, 2.75) is 32.6 Å². The van der Waals surface area contributed by atoms with Gasteiger partial charge in [-0.25, -0.2) is 0 Å². The molecule has 0 aliphatic heterocycles. The number of halogens is 2. The van der Waals surface area contributed by atoms with Crippen molar-refractivity contribution in [3.63, 3.8) is 0 Å². The van der Waals surface area contributed by atoms with Gasteiger partial charge >= 0.3 is 5.97 Å². The number of carbonyl (C=O) groups is 2. The number of carboxylic acid groups (broad SMARTS) is 1. The van der Waals surface area contributed by atoms with Crippen LogP contribution in [0.4, 0.5) is 0 Å². The van der Waals surface area contributed by atoms with Crippen molar-refractivity contribution in [2.75, 3.05) is 6.54 Å². The van der Waals surface area contributed by atoms with Crippen LogP contribution in [0.3, 0.4) is 0 Å². The van der Waals surface area contributed by atoms with Crippen LogP contribution in [0, 0.1) is 5.92 Å². The fourth-order valence-corrected chi connectivity index (χ4v) is 2.43. The minimum absolute atomic E-state index is 0.141. The summed E-state index contributed by atoms with van der Waals surface area (Å²) in [7, 11) is 0. The second-order valence-electron chi connectivity index (χ2n) is 5.05. The molecule has 0 aliphatic rings. The van der Waals surface area contributed by atoms with Gasteiger partial charge in [0.2, 0.25) is 5.91 Å². The van der Waals surface area contributed by atoms with E-state index in [1.807, 2.05) is 6.92 Å². The molecular weight excluding hydrogens is 313 g/mol. The van der Waals surface area contributed by atoms with E-state index in [4.69, 9.17) is 28.3 Å². The number of carbonyl (C=O) groups excluding carboxylic acids is 1. The van der Waals surface area contributed by atoms with Crippen molar-refractivity contribution in [2.24, 2.45) is 5.92 Å². The SMILES string of the molecule is CC(CCNC(=O)Cc1c(Cl)cccc1Cl)CCC(=O)O. The molecule has 0 bridgehead atoms. The molecule has 0 radical (unpaired) electrons. The Hall–Kier alpha value is -1.26. The average molecular weight is 332 g/mol. The smallest absolute Gasteiger partial charge is 0.303 e. The lowest BCUT2D eigenvalue weighted by Crippen LogP contribution is -2.27. The van der Waals surface area contributed by atoms with Gasteiger partial charge in [0.1, 0.15) is 0 Å². The first kappa shape index (κ1) is 17.8. The Morgan fingerprint density at radius 2 is 1.86 bits per heavy atom. The summed E-state index contributed by atoms with van der Waals surface area (Å²) in [5, 5.41) is 12.4. The van der Waals surface area contributed by atoms with Gasteiger partial charge in [0, 0.05) is 23.0 Å². The van der Waals surface area contributed by atoms with Crippen molar-refractivity contribution in [3.05, 3.63) is 33.8 Å². The highest BCUT2D eigenvalue weighted by molar-refractivity contribution is 6.36. The Morgan fingerprint density at radius 3 is 2.43 bits per heavy atom. The normalized spacial score (nSPS) is 12.0. The highest BCUT2D eigenvalue weighted by Gasteiger charge is 2.11. The van der Waals surface area contributed by atoms with E-state index in [0.717, 1.165) is 6.42 Å². The molecule has 0 fully saturated rings. The lowest BCUT2D eigenvalue weighted by molar-refractivity contribution is -0.137. The Morgan fingerprint density at radius 1 is 1.24 bits per heavy atom. The second kappa shape index (κ2) is 8.90. The zero-order chi connectivity index (χ0) is 15.8. The van der Waals surface area contributed by atoms with Crippen molar-refractivity contribution in [3.8, 4) is 0 Å². The van der Waals surface area contributed by atoms with Crippen LogP contribution in [-0.4, -0.2) is 23.5 Å². The van der Waals surface area contributed by atoms with Crippen LogP contribution in [0.2, 0.25) is 10.0 Å². The molecule has 1 rings (SSSR count). The number of benzene rings is 1. The van der Waals surface area contributed by atoms with Crippen LogP contribution in [0.25, 0.3) is 0 Å². The lowest BCUT2D eigenvalue weighted by atomic mass is 10.0. The molecule has 4 nitrogen and oxygen atoms in total. The minimum Gasteiger partial charge on any atom is -0.481 e. The number of amides is 1. The van der Waals surface area contributed by atoms with E-state index >= 15 is 0 Å². The molecule has 1 atom stereocenters. The monoisotopic (exact) mass is 331 g/mol. The van der Waals surface area contributed by atoms with Crippen LogP contribution in [-0.2, 0) is 16.0 Å². The van der Waals surface area contributed by atoms with Crippen molar-refractivity contribution < 1.29 is 14.7 Å². The van der Waals surface area contributed by atoms with Gasteiger partial charge in [-0.3, -0.25) is 9.59 Å². The highest BCUT2D eigenvalue weighted by Crippen LogP contribution is 2.24. The van der Waals surface area contributed by atoms with Crippen LogP contribution in [0.1, 0.15) is 31.7 Å². The fraction of sp³-hybridized carbons (Fsp3) is 0.467. The zero-order valence-corrected chi connectivity index (χ0v) is 13.4. The van der Waals surface area contributed by atoms with E-state index in [1.165, 1.54) is 0 Å². The van der Waals surface area contributed by atoms with Gasteiger partial charge in [-0.15, -0.1) is 0 Å². The summed E-state index contributed by atoms with van der Waals surface area (Å²) in [5.74, 6) is -0.681. The number of aliphatic carboxylic acids is 1. The van der Waals surface area contributed by atoms with E-state index in [2.05, 4.69) is 5.32 Å². The van der Waals surface area contributed by atoms with E-state index < -0.39 is 5.97 Å². The molecule has 6 heteroatoms. The van der Waals surface area contributed by atoms with E-state index in [1.54, 1.807) is 18.2 Å². The molecule has 0 saturated carbocycles. The van der Waals surface area contributed by atoms with E-state index in [0.29, 0.717) is 28.6 Å². The number of rotatable bonds is 8. The van der Waals surface area contributed by atoms with Crippen molar-refractivity contribution in [1.82, 2.24) is 5.32 Å². The molecule has 1 aromatic rings. The third-order valence-electron chi connectivity index (χ3n) is 3.21. The maximum Gasteiger partial charge on any atom is 0.303 e. The first-order valence-corrected chi connectivity index (χ1v) is 7.57. The molecule has 2 N–H and O–H groups in total. The largest absolute Gasteiger partial charge is 0.481 e. The van der Waals surface area contributed by atoms with Crippen molar-refractivity contribution >= 4 is 35.1 Å². The standard InChI is InChI=1S/C15H19Cl2NO3/c1-10(5-6-15(20)21)7-8-18-14(19)9-11-12(16)3-2-4-13(11)17/h2-4,10H,5-9H2,1H3,(H,18,19)(H,20,21).